The van der Waals surface area contributed by atoms with Crippen molar-refractivity contribution in [3.63, 3.8) is 0 Å². The third-order valence-corrected chi connectivity index (χ3v) is 4.58. The molecule has 2 aliphatic rings. The van der Waals surface area contributed by atoms with E-state index in [0.717, 1.165) is 31.7 Å². The van der Waals surface area contributed by atoms with Crippen molar-refractivity contribution >= 4 is 17.3 Å². The molecule has 0 aliphatic carbocycles. The molecule has 2 atom stereocenters. The Kier molecular flexibility index (Phi) is 3.96. The van der Waals surface area contributed by atoms with Gasteiger partial charge < -0.3 is 15.0 Å². The van der Waals surface area contributed by atoms with E-state index in [9.17, 15) is 4.79 Å². The molecule has 0 unspecified atom stereocenters. The number of hydrogen-bond donors (Lipinski definition) is 1. The van der Waals surface area contributed by atoms with Crippen molar-refractivity contribution in [1.29, 1.82) is 0 Å². The van der Waals surface area contributed by atoms with Crippen molar-refractivity contribution in [1.82, 2.24) is 15.1 Å². The highest BCUT2D eigenvalue weighted by molar-refractivity contribution is 6.33. The summed E-state index contributed by atoms with van der Waals surface area (Å²) in [5, 5.41) is 7.87. The molecular weight excluding hydrogens is 280 g/mol. The highest BCUT2D eigenvalue weighted by Crippen LogP contribution is 2.33. The van der Waals surface area contributed by atoms with E-state index in [2.05, 4.69) is 15.3 Å². The van der Waals surface area contributed by atoms with Gasteiger partial charge in [0, 0.05) is 32.8 Å². The van der Waals surface area contributed by atoms with Crippen LogP contribution in [0.4, 0.5) is 5.69 Å². The number of ether oxygens (including phenoxy) is 1. The van der Waals surface area contributed by atoms with Crippen LogP contribution in [0, 0.1) is 5.92 Å². The summed E-state index contributed by atoms with van der Waals surface area (Å²) >= 11 is 6.27. The molecule has 20 heavy (non-hydrogen) atoms. The van der Waals surface area contributed by atoms with Crippen LogP contribution in [0.15, 0.2) is 11.0 Å². The standard InChI is InChI=1S/C13H19ClN4O2/c1-20-5-4-18-13(19)12(14)11(8-16-18)17-3-2-9-6-15-7-10(9)17/h8-10,15H,2-7H2,1H3/t9-,10+/m0/s1. The molecule has 6 nitrogen and oxygen atoms in total. The van der Waals surface area contributed by atoms with Crippen LogP contribution >= 0.6 is 11.6 Å². The van der Waals surface area contributed by atoms with Gasteiger partial charge >= 0.3 is 0 Å². The molecule has 1 aromatic rings. The SMILES string of the molecule is COCCn1ncc(N2CC[C@H]3CNC[C@H]32)c(Cl)c1=O. The third kappa shape index (κ3) is 2.32. The largest absolute Gasteiger partial charge is 0.383 e. The molecule has 0 spiro atoms. The quantitative estimate of drug-likeness (QED) is 0.869. The minimum atomic E-state index is -0.240. The number of nitrogens with zero attached hydrogens (tertiary/aromatic N) is 3. The van der Waals surface area contributed by atoms with Gasteiger partial charge in [-0.1, -0.05) is 11.6 Å². The van der Waals surface area contributed by atoms with Gasteiger partial charge in [-0.2, -0.15) is 5.10 Å². The Balaban J connectivity index is 1.87. The van der Waals surface area contributed by atoms with E-state index in [1.165, 1.54) is 4.68 Å². The van der Waals surface area contributed by atoms with Crippen molar-refractivity contribution in [2.75, 3.05) is 38.3 Å². The average Bonchev–Trinajstić information content (AvgIpc) is 3.04. The van der Waals surface area contributed by atoms with Crippen molar-refractivity contribution in [3.05, 3.63) is 21.6 Å². The smallest absolute Gasteiger partial charge is 0.287 e. The molecule has 3 rings (SSSR count). The number of halogens is 1. The van der Waals surface area contributed by atoms with Crippen LogP contribution in [-0.2, 0) is 11.3 Å². The number of methoxy groups -OCH3 is 1. The molecule has 2 saturated heterocycles. The highest BCUT2D eigenvalue weighted by atomic mass is 35.5. The maximum Gasteiger partial charge on any atom is 0.287 e. The average molecular weight is 299 g/mol. The first-order valence-corrected chi connectivity index (χ1v) is 7.32. The zero-order valence-corrected chi connectivity index (χ0v) is 12.3. The van der Waals surface area contributed by atoms with Gasteiger partial charge in [-0.25, -0.2) is 4.68 Å². The van der Waals surface area contributed by atoms with Crippen molar-refractivity contribution in [2.24, 2.45) is 5.92 Å². The Hall–Kier alpha value is -1.11. The molecule has 0 saturated carbocycles. The second-order valence-corrected chi connectivity index (χ2v) is 5.71. The van der Waals surface area contributed by atoms with Crippen LogP contribution in [0.3, 0.4) is 0 Å². The fourth-order valence-corrected chi connectivity index (χ4v) is 3.40. The van der Waals surface area contributed by atoms with Crippen LogP contribution < -0.4 is 15.8 Å². The highest BCUT2D eigenvalue weighted by Gasteiger charge is 2.38. The van der Waals surface area contributed by atoms with Gasteiger partial charge in [0.15, 0.2) is 0 Å². The van der Waals surface area contributed by atoms with Gasteiger partial charge in [0.1, 0.15) is 5.02 Å². The molecular formula is C13H19ClN4O2. The first-order valence-electron chi connectivity index (χ1n) is 6.94. The summed E-state index contributed by atoms with van der Waals surface area (Å²) < 4.78 is 6.32. The predicted octanol–water partition coefficient (Wildman–Crippen LogP) is 0.341. The van der Waals surface area contributed by atoms with E-state index in [0.29, 0.717) is 25.1 Å². The van der Waals surface area contributed by atoms with E-state index < -0.39 is 0 Å². The summed E-state index contributed by atoms with van der Waals surface area (Å²) in [6, 6.07) is 0.434. The maximum atomic E-state index is 12.2. The van der Waals surface area contributed by atoms with E-state index in [1.807, 2.05) is 0 Å². The summed E-state index contributed by atoms with van der Waals surface area (Å²) in [7, 11) is 1.60. The first-order chi connectivity index (χ1) is 9.72. The van der Waals surface area contributed by atoms with Gasteiger partial charge in [-0.05, 0) is 12.3 Å². The van der Waals surface area contributed by atoms with E-state index in [1.54, 1.807) is 13.3 Å². The summed E-state index contributed by atoms with van der Waals surface area (Å²) in [5.41, 5.74) is 0.525. The van der Waals surface area contributed by atoms with Crippen molar-refractivity contribution < 1.29 is 4.74 Å². The maximum absolute atomic E-state index is 12.2. The summed E-state index contributed by atoms with van der Waals surface area (Å²) in [6.45, 7) is 3.81. The predicted molar refractivity (Wildman–Crippen MR) is 77.5 cm³/mol. The van der Waals surface area contributed by atoms with Crippen molar-refractivity contribution in [2.45, 2.75) is 19.0 Å². The Bertz CT molecular complexity index is 548. The van der Waals surface area contributed by atoms with Crippen LogP contribution in [0.1, 0.15) is 6.42 Å². The van der Waals surface area contributed by atoms with E-state index >= 15 is 0 Å². The Labute approximate surface area is 122 Å². The third-order valence-electron chi connectivity index (χ3n) is 4.23. The zero-order valence-electron chi connectivity index (χ0n) is 11.5. The second kappa shape index (κ2) is 5.71. The Morgan fingerprint density at radius 3 is 3.20 bits per heavy atom. The molecule has 1 N–H and O–H groups in total. The molecule has 0 aromatic carbocycles. The topological polar surface area (TPSA) is 59.4 Å². The summed E-state index contributed by atoms with van der Waals surface area (Å²) in [6.07, 6.45) is 2.85. The number of rotatable bonds is 4. The van der Waals surface area contributed by atoms with Crippen LogP contribution in [0.5, 0.6) is 0 Å². The molecule has 2 aliphatic heterocycles. The number of nitrogens with one attached hydrogen (secondary N) is 1. The van der Waals surface area contributed by atoms with Crippen LogP contribution in [0.2, 0.25) is 5.02 Å². The molecule has 7 heteroatoms. The van der Waals surface area contributed by atoms with Gasteiger partial charge in [-0.3, -0.25) is 4.79 Å². The molecule has 1 aromatic heterocycles. The number of hydrogen-bond acceptors (Lipinski definition) is 5. The van der Waals surface area contributed by atoms with Crippen LogP contribution in [-0.4, -0.2) is 49.2 Å². The molecule has 0 radical (unpaired) electrons. The van der Waals surface area contributed by atoms with Gasteiger partial charge in [0.05, 0.1) is 25.0 Å². The van der Waals surface area contributed by atoms with Crippen LogP contribution in [0.25, 0.3) is 0 Å². The minimum Gasteiger partial charge on any atom is -0.383 e. The lowest BCUT2D eigenvalue weighted by Crippen LogP contribution is -2.36. The molecule has 110 valence electrons. The fraction of sp³-hybridized carbons (Fsp3) is 0.692. The fourth-order valence-electron chi connectivity index (χ4n) is 3.14. The lowest BCUT2D eigenvalue weighted by Gasteiger charge is -2.26. The van der Waals surface area contributed by atoms with E-state index in [-0.39, 0.29) is 10.6 Å². The molecule has 2 fully saturated rings. The minimum absolute atomic E-state index is 0.240. The summed E-state index contributed by atoms with van der Waals surface area (Å²) in [5.74, 6) is 0.655. The molecule has 3 heterocycles. The van der Waals surface area contributed by atoms with E-state index in [4.69, 9.17) is 16.3 Å². The normalized spacial score (nSPS) is 25.2. The Morgan fingerprint density at radius 2 is 2.40 bits per heavy atom. The molecule has 0 bridgehead atoms. The Morgan fingerprint density at radius 1 is 1.55 bits per heavy atom. The monoisotopic (exact) mass is 298 g/mol. The number of anilines is 1. The van der Waals surface area contributed by atoms with Crippen molar-refractivity contribution in [3.8, 4) is 0 Å². The number of aromatic nitrogens is 2. The van der Waals surface area contributed by atoms with Gasteiger partial charge in [0.25, 0.3) is 5.56 Å². The summed E-state index contributed by atoms with van der Waals surface area (Å²) in [4.78, 5) is 14.4. The number of fused-ring (bicyclic) bond motifs is 1. The first kappa shape index (κ1) is 13.9. The zero-order chi connectivity index (χ0) is 14.1. The molecule has 0 amide bonds. The second-order valence-electron chi connectivity index (χ2n) is 5.33. The lowest BCUT2D eigenvalue weighted by atomic mass is 10.1. The van der Waals surface area contributed by atoms with Gasteiger partial charge in [-0.15, -0.1) is 0 Å². The van der Waals surface area contributed by atoms with Gasteiger partial charge in [0.2, 0.25) is 0 Å². The lowest BCUT2D eigenvalue weighted by molar-refractivity contribution is 0.182.